The molecule has 1 aromatic carbocycles. The van der Waals surface area contributed by atoms with E-state index in [2.05, 4.69) is 26.1 Å². The van der Waals surface area contributed by atoms with E-state index in [1.165, 1.54) is 0 Å². The van der Waals surface area contributed by atoms with Crippen molar-refractivity contribution in [3.63, 3.8) is 0 Å². The zero-order valence-electron chi connectivity index (χ0n) is 10.5. The summed E-state index contributed by atoms with van der Waals surface area (Å²) in [5, 5.41) is 13.4. The minimum Gasteiger partial charge on any atom is -0.393 e. The third-order valence-electron chi connectivity index (χ3n) is 2.98. The van der Waals surface area contributed by atoms with Crippen LogP contribution in [-0.4, -0.2) is 21.4 Å². The van der Waals surface area contributed by atoms with Crippen molar-refractivity contribution in [3.05, 3.63) is 34.1 Å². The Bertz CT molecular complexity index is 552. The molecule has 5 heteroatoms. The highest BCUT2D eigenvalue weighted by atomic mass is 79.9. The number of aliphatic hydroxyl groups excluding tert-OH is 1. The van der Waals surface area contributed by atoms with Crippen LogP contribution in [0.3, 0.4) is 0 Å². The number of benzene rings is 1. The molecule has 0 aliphatic rings. The van der Waals surface area contributed by atoms with E-state index in [4.69, 9.17) is 4.52 Å². The van der Waals surface area contributed by atoms with Crippen LogP contribution in [0.2, 0.25) is 0 Å². The van der Waals surface area contributed by atoms with Crippen molar-refractivity contribution in [2.45, 2.75) is 32.8 Å². The lowest BCUT2D eigenvalue weighted by Gasteiger charge is -2.08. The summed E-state index contributed by atoms with van der Waals surface area (Å²) in [6.45, 7) is 5.58. The molecule has 2 rings (SSSR count). The first-order chi connectivity index (χ1) is 8.49. The number of nitrogens with zero attached hydrogens (tertiary/aromatic N) is 2. The van der Waals surface area contributed by atoms with E-state index < -0.39 is 6.10 Å². The summed E-state index contributed by atoms with van der Waals surface area (Å²) in [6, 6.07) is 5.90. The number of rotatable bonds is 3. The molecule has 0 aliphatic heterocycles. The summed E-state index contributed by atoms with van der Waals surface area (Å²) < 4.78 is 6.19. The third kappa shape index (κ3) is 2.62. The van der Waals surface area contributed by atoms with Gasteiger partial charge in [0.05, 0.1) is 12.0 Å². The molecule has 2 unspecified atom stereocenters. The lowest BCUT2D eigenvalue weighted by atomic mass is 10.1. The highest BCUT2D eigenvalue weighted by Crippen LogP contribution is 2.25. The van der Waals surface area contributed by atoms with E-state index in [0.29, 0.717) is 11.7 Å². The molecule has 96 valence electrons. The molecule has 1 heterocycles. The fourth-order valence-corrected chi connectivity index (χ4v) is 1.85. The molecule has 2 atom stereocenters. The van der Waals surface area contributed by atoms with Crippen molar-refractivity contribution in [1.82, 2.24) is 10.1 Å². The normalized spacial score (nSPS) is 14.5. The summed E-state index contributed by atoms with van der Waals surface area (Å²) in [5.41, 5.74) is 2.04. The summed E-state index contributed by atoms with van der Waals surface area (Å²) in [5.74, 6) is 0.829. The summed E-state index contributed by atoms with van der Waals surface area (Å²) in [4.78, 5) is 4.31. The van der Waals surface area contributed by atoms with Crippen LogP contribution in [0.4, 0.5) is 0 Å². The Hall–Kier alpha value is -1.20. The quantitative estimate of drug-likeness (QED) is 0.945. The summed E-state index contributed by atoms with van der Waals surface area (Å²) in [6.07, 6.45) is -0.511. The van der Waals surface area contributed by atoms with E-state index in [-0.39, 0.29) is 5.92 Å². The first-order valence-corrected chi connectivity index (χ1v) is 6.56. The van der Waals surface area contributed by atoms with Crippen LogP contribution in [-0.2, 0) is 0 Å². The minimum atomic E-state index is -0.511. The predicted octanol–water partition coefficient (Wildman–Crippen LogP) is 3.29. The van der Waals surface area contributed by atoms with Crippen LogP contribution >= 0.6 is 15.9 Å². The van der Waals surface area contributed by atoms with E-state index in [1.54, 1.807) is 6.92 Å². The highest BCUT2D eigenvalue weighted by molar-refractivity contribution is 9.10. The van der Waals surface area contributed by atoms with Gasteiger partial charge in [-0.2, -0.15) is 4.98 Å². The van der Waals surface area contributed by atoms with Crippen LogP contribution in [0.1, 0.15) is 31.2 Å². The maximum Gasteiger partial charge on any atom is 0.232 e. The van der Waals surface area contributed by atoms with Gasteiger partial charge in [-0.3, -0.25) is 0 Å². The van der Waals surface area contributed by atoms with E-state index in [1.807, 2.05) is 32.0 Å². The Morgan fingerprint density at radius 3 is 2.67 bits per heavy atom. The lowest BCUT2D eigenvalue weighted by Crippen LogP contribution is -2.11. The first kappa shape index (κ1) is 13.2. The summed E-state index contributed by atoms with van der Waals surface area (Å²) in [7, 11) is 0. The molecule has 4 nitrogen and oxygen atoms in total. The van der Waals surface area contributed by atoms with Crippen LogP contribution in [0, 0.1) is 6.92 Å². The zero-order chi connectivity index (χ0) is 13.3. The zero-order valence-corrected chi connectivity index (χ0v) is 12.1. The highest BCUT2D eigenvalue weighted by Gasteiger charge is 2.19. The molecule has 1 aromatic heterocycles. The maximum atomic E-state index is 9.50. The Morgan fingerprint density at radius 2 is 2.06 bits per heavy atom. The molecule has 0 fully saturated rings. The molecule has 0 bridgehead atoms. The van der Waals surface area contributed by atoms with Crippen LogP contribution in [0.15, 0.2) is 27.2 Å². The fraction of sp³-hybridized carbons (Fsp3) is 0.385. The van der Waals surface area contributed by atoms with Crippen LogP contribution < -0.4 is 0 Å². The number of aromatic nitrogens is 2. The fourth-order valence-electron chi connectivity index (χ4n) is 1.48. The van der Waals surface area contributed by atoms with Gasteiger partial charge in [0.25, 0.3) is 0 Å². The molecule has 0 radical (unpaired) electrons. The molecule has 0 amide bonds. The molecule has 18 heavy (non-hydrogen) atoms. The molecule has 2 aromatic rings. The predicted molar refractivity (Wildman–Crippen MR) is 72.3 cm³/mol. The minimum absolute atomic E-state index is 0.167. The summed E-state index contributed by atoms with van der Waals surface area (Å²) >= 11 is 3.48. The van der Waals surface area contributed by atoms with Gasteiger partial charge in [-0.1, -0.05) is 40.1 Å². The monoisotopic (exact) mass is 310 g/mol. The van der Waals surface area contributed by atoms with Crippen LogP contribution in [0.25, 0.3) is 11.4 Å². The van der Waals surface area contributed by atoms with Gasteiger partial charge >= 0.3 is 0 Å². The molecule has 0 saturated carbocycles. The second-order valence-corrected chi connectivity index (χ2v) is 5.30. The topological polar surface area (TPSA) is 59.2 Å². The Balaban J connectivity index is 2.32. The second-order valence-electron chi connectivity index (χ2n) is 4.45. The number of aryl methyl sites for hydroxylation is 1. The van der Waals surface area contributed by atoms with E-state index in [9.17, 15) is 5.11 Å². The van der Waals surface area contributed by atoms with Gasteiger partial charge < -0.3 is 9.63 Å². The molecule has 0 aliphatic carbocycles. The Kier molecular flexibility index (Phi) is 3.82. The van der Waals surface area contributed by atoms with Crippen molar-refractivity contribution in [1.29, 1.82) is 0 Å². The SMILES string of the molecule is Cc1ccc(-c2noc(C(C)C(C)O)n2)cc1Br. The Labute approximate surface area is 114 Å². The van der Waals surface area contributed by atoms with Crippen LogP contribution in [0.5, 0.6) is 0 Å². The Morgan fingerprint density at radius 1 is 1.33 bits per heavy atom. The average Bonchev–Trinajstić information content (AvgIpc) is 2.81. The first-order valence-electron chi connectivity index (χ1n) is 5.77. The van der Waals surface area contributed by atoms with Gasteiger partial charge in [0.15, 0.2) is 0 Å². The third-order valence-corrected chi connectivity index (χ3v) is 3.84. The van der Waals surface area contributed by atoms with Crippen molar-refractivity contribution in [2.75, 3.05) is 0 Å². The molecule has 0 spiro atoms. The largest absolute Gasteiger partial charge is 0.393 e. The molecule has 1 N–H and O–H groups in total. The standard InChI is InChI=1S/C13H15BrN2O2/c1-7-4-5-10(6-11(7)14)12-15-13(18-16-12)8(2)9(3)17/h4-6,8-9,17H,1-3H3. The lowest BCUT2D eigenvalue weighted by molar-refractivity contribution is 0.151. The van der Waals surface area contributed by atoms with Crippen molar-refractivity contribution < 1.29 is 9.63 Å². The van der Waals surface area contributed by atoms with E-state index >= 15 is 0 Å². The molecule has 0 saturated heterocycles. The number of aliphatic hydroxyl groups is 1. The van der Waals surface area contributed by atoms with Gasteiger partial charge in [-0.25, -0.2) is 0 Å². The second kappa shape index (κ2) is 5.20. The van der Waals surface area contributed by atoms with Gasteiger partial charge in [0, 0.05) is 10.0 Å². The maximum absolute atomic E-state index is 9.50. The van der Waals surface area contributed by atoms with Gasteiger partial charge in [-0.05, 0) is 25.5 Å². The molecular weight excluding hydrogens is 296 g/mol. The van der Waals surface area contributed by atoms with Crippen molar-refractivity contribution in [2.24, 2.45) is 0 Å². The van der Waals surface area contributed by atoms with E-state index in [0.717, 1.165) is 15.6 Å². The molecular formula is C13H15BrN2O2. The van der Waals surface area contributed by atoms with Gasteiger partial charge in [0.1, 0.15) is 0 Å². The number of hydrogen-bond acceptors (Lipinski definition) is 4. The average molecular weight is 311 g/mol. The van der Waals surface area contributed by atoms with Crippen molar-refractivity contribution >= 4 is 15.9 Å². The van der Waals surface area contributed by atoms with Gasteiger partial charge in [-0.15, -0.1) is 0 Å². The van der Waals surface area contributed by atoms with Gasteiger partial charge in [0.2, 0.25) is 11.7 Å². The number of hydrogen-bond donors (Lipinski definition) is 1. The number of halogens is 1. The smallest absolute Gasteiger partial charge is 0.232 e. The van der Waals surface area contributed by atoms with Crippen molar-refractivity contribution in [3.8, 4) is 11.4 Å².